The molecular weight excluding hydrogens is 400 g/mol. The number of hydrogen-bond acceptors (Lipinski definition) is 7. The monoisotopic (exact) mass is 422 g/mol. The van der Waals surface area contributed by atoms with Crippen molar-refractivity contribution < 1.29 is 14.3 Å². The van der Waals surface area contributed by atoms with Gasteiger partial charge in [0.25, 0.3) is 0 Å². The highest BCUT2D eigenvalue weighted by atomic mass is 32.1. The fraction of sp³-hybridized carbons (Fsp3) is 0.318. The van der Waals surface area contributed by atoms with E-state index in [0.29, 0.717) is 19.0 Å². The number of carbonyl (C=O) groups excluding carboxylic acids is 1. The van der Waals surface area contributed by atoms with E-state index in [0.717, 1.165) is 53.8 Å². The van der Waals surface area contributed by atoms with E-state index in [9.17, 15) is 4.79 Å². The fourth-order valence-electron chi connectivity index (χ4n) is 3.79. The van der Waals surface area contributed by atoms with Crippen molar-refractivity contribution in [3.8, 4) is 22.1 Å². The van der Waals surface area contributed by atoms with Gasteiger partial charge < -0.3 is 19.7 Å². The Morgan fingerprint density at radius 3 is 2.60 bits per heavy atom. The number of aromatic nitrogens is 2. The quantitative estimate of drug-likeness (QED) is 0.689. The summed E-state index contributed by atoms with van der Waals surface area (Å²) in [6.07, 6.45) is 1.56. The second-order valence-corrected chi connectivity index (χ2v) is 8.31. The number of rotatable bonds is 4. The molecule has 1 amide bonds. The number of anilines is 2. The Hall–Kier alpha value is -3.13. The SMILES string of the molecule is O=C(Nc1ccc2c(c1)OCCO2)C1CCN(c2ccc(-c3cccs3)nn2)CC1. The van der Waals surface area contributed by atoms with E-state index in [1.165, 1.54) is 0 Å². The van der Waals surface area contributed by atoms with Gasteiger partial charge in [-0.1, -0.05) is 6.07 Å². The van der Waals surface area contributed by atoms with E-state index < -0.39 is 0 Å². The maximum absolute atomic E-state index is 12.7. The fourth-order valence-corrected chi connectivity index (χ4v) is 4.48. The van der Waals surface area contributed by atoms with E-state index in [-0.39, 0.29) is 11.8 Å². The molecule has 2 aliphatic heterocycles. The zero-order valence-electron chi connectivity index (χ0n) is 16.4. The molecule has 0 unspecified atom stereocenters. The molecule has 154 valence electrons. The van der Waals surface area contributed by atoms with Crippen LogP contribution in [-0.4, -0.2) is 42.4 Å². The van der Waals surface area contributed by atoms with Crippen LogP contribution < -0.4 is 19.7 Å². The van der Waals surface area contributed by atoms with Crippen molar-refractivity contribution in [2.24, 2.45) is 5.92 Å². The van der Waals surface area contributed by atoms with Crippen LogP contribution in [0.5, 0.6) is 11.5 Å². The summed E-state index contributed by atoms with van der Waals surface area (Å²) in [5.74, 6) is 2.29. The van der Waals surface area contributed by atoms with Crippen LogP contribution in [0.15, 0.2) is 47.8 Å². The number of nitrogens with one attached hydrogen (secondary N) is 1. The van der Waals surface area contributed by atoms with E-state index in [1.54, 1.807) is 11.3 Å². The first-order valence-electron chi connectivity index (χ1n) is 10.1. The van der Waals surface area contributed by atoms with Gasteiger partial charge in [0.05, 0.1) is 4.88 Å². The van der Waals surface area contributed by atoms with Crippen molar-refractivity contribution in [2.75, 3.05) is 36.5 Å². The summed E-state index contributed by atoms with van der Waals surface area (Å²) in [7, 11) is 0. The lowest BCUT2D eigenvalue weighted by Crippen LogP contribution is -2.38. The number of amides is 1. The number of hydrogen-bond donors (Lipinski definition) is 1. The average molecular weight is 423 g/mol. The highest BCUT2D eigenvalue weighted by Gasteiger charge is 2.26. The highest BCUT2D eigenvalue weighted by Crippen LogP contribution is 2.33. The molecule has 0 atom stereocenters. The van der Waals surface area contributed by atoms with Gasteiger partial charge in [-0.3, -0.25) is 4.79 Å². The zero-order valence-corrected chi connectivity index (χ0v) is 17.2. The molecule has 4 heterocycles. The summed E-state index contributed by atoms with van der Waals surface area (Å²) >= 11 is 1.65. The van der Waals surface area contributed by atoms with Crippen molar-refractivity contribution >= 4 is 28.7 Å². The smallest absolute Gasteiger partial charge is 0.227 e. The van der Waals surface area contributed by atoms with Crippen LogP contribution in [-0.2, 0) is 4.79 Å². The number of carbonyl (C=O) groups is 1. The molecule has 0 spiro atoms. The Balaban J connectivity index is 1.17. The molecule has 1 N–H and O–H groups in total. The van der Waals surface area contributed by atoms with Crippen LogP contribution in [0, 0.1) is 5.92 Å². The summed E-state index contributed by atoms with van der Waals surface area (Å²) in [4.78, 5) is 16.0. The summed E-state index contributed by atoms with van der Waals surface area (Å²) < 4.78 is 11.1. The Kier molecular flexibility index (Phi) is 5.23. The van der Waals surface area contributed by atoms with Crippen LogP contribution in [0.25, 0.3) is 10.6 Å². The molecule has 3 aromatic rings. The second-order valence-electron chi connectivity index (χ2n) is 7.36. The van der Waals surface area contributed by atoms with Crippen molar-refractivity contribution in [1.29, 1.82) is 0 Å². The number of fused-ring (bicyclic) bond motifs is 1. The van der Waals surface area contributed by atoms with Gasteiger partial charge in [0.15, 0.2) is 17.3 Å². The summed E-state index contributed by atoms with van der Waals surface area (Å²) in [6, 6.07) is 13.6. The summed E-state index contributed by atoms with van der Waals surface area (Å²) in [6.45, 7) is 2.65. The maximum Gasteiger partial charge on any atom is 0.227 e. The molecule has 0 bridgehead atoms. The van der Waals surface area contributed by atoms with Crippen LogP contribution >= 0.6 is 11.3 Å². The molecular formula is C22H22N4O3S. The molecule has 5 rings (SSSR count). The molecule has 1 aromatic carbocycles. The topological polar surface area (TPSA) is 76.6 Å². The molecule has 0 aliphatic carbocycles. The van der Waals surface area contributed by atoms with Gasteiger partial charge in [-0.2, -0.15) is 0 Å². The summed E-state index contributed by atoms with van der Waals surface area (Å²) in [5, 5.41) is 13.8. The first-order valence-corrected chi connectivity index (χ1v) is 11.0. The first kappa shape index (κ1) is 18.9. The Morgan fingerprint density at radius 2 is 1.87 bits per heavy atom. The zero-order chi connectivity index (χ0) is 20.3. The third kappa shape index (κ3) is 3.95. The largest absolute Gasteiger partial charge is 0.486 e. The minimum Gasteiger partial charge on any atom is -0.486 e. The minimum absolute atomic E-state index is 0.0206. The van der Waals surface area contributed by atoms with E-state index in [2.05, 4.69) is 20.4 Å². The van der Waals surface area contributed by atoms with E-state index >= 15 is 0 Å². The molecule has 0 saturated carbocycles. The van der Waals surface area contributed by atoms with Gasteiger partial charge in [0.2, 0.25) is 5.91 Å². The lowest BCUT2D eigenvalue weighted by molar-refractivity contribution is -0.120. The number of piperidine rings is 1. The normalized spacial score (nSPS) is 16.3. The predicted molar refractivity (Wildman–Crippen MR) is 116 cm³/mol. The lowest BCUT2D eigenvalue weighted by Gasteiger charge is -2.31. The standard InChI is InChI=1S/C22H22N4O3S/c27-22(23-16-3-5-18-19(14-16)29-12-11-28-18)15-7-9-26(10-8-15)21-6-4-17(24-25-21)20-2-1-13-30-20/h1-6,13-15H,7-12H2,(H,23,27). The van der Waals surface area contributed by atoms with Crippen molar-refractivity contribution in [2.45, 2.75) is 12.8 Å². The highest BCUT2D eigenvalue weighted by molar-refractivity contribution is 7.13. The van der Waals surface area contributed by atoms with Gasteiger partial charge >= 0.3 is 0 Å². The van der Waals surface area contributed by atoms with Gasteiger partial charge in [-0.15, -0.1) is 21.5 Å². The average Bonchev–Trinajstić information content (AvgIpc) is 3.34. The summed E-state index contributed by atoms with van der Waals surface area (Å²) in [5.41, 5.74) is 1.63. The molecule has 30 heavy (non-hydrogen) atoms. The lowest BCUT2D eigenvalue weighted by atomic mass is 9.95. The maximum atomic E-state index is 12.7. The third-order valence-electron chi connectivity index (χ3n) is 5.42. The molecule has 2 aromatic heterocycles. The predicted octanol–water partition coefficient (Wildman–Crippen LogP) is 3.83. The third-order valence-corrected chi connectivity index (χ3v) is 6.32. The molecule has 8 heteroatoms. The Labute approximate surface area is 178 Å². The second kappa shape index (κ2) is 8.31. The minimum atomic E-state index is -0.0206. The van der Waals surface area contributed by atoms with Gasteiger partial charge in [0.1, 0.15) is 18.9 Å². The van der Waals surface area contributed by atoms with Crippen LogP contribution in [0.1, 0.15) is 12.8 Å². The Bertz CT molecular complexity index is 1020. The van der Waals surface area contributed by atoms with E-state index in [4.69, 9.17) is 9.47 Å². The number of ether oxygens (including phenoxy) is 2. The van der Waals surface area contributed by atoms with Crippen LogP contribution in [0.4, 0.5) is 11.5 Å². The molecule has 2 aliphatic rings. The van der Waals surface area contributed by atoms with Crippen molar-refractivity contribution in [3.63, 3.8) is 0 Å². The van der Waals surface area contributed by atoms with Gasteiger partial charge in [0, 0.05) is 30.8 Å². The molecule has 1 saturated heterocycles. The van der Waals surface area contributed by atoms with Crippen molar-refractivity contribution in [3.05, 3.63) is 47.8 Å². The number of thiophene rings is 1. The molecule has 0 radical (unpaired) electrons. The number of nitrogens with zero attached hydrogens (tertiary/aromatic N) is 3. The molecule has 7 nitrogen and oxygen atoms in total. The van der Waals surface area contributed by atoms with Gasteiger partial charge in [-0.25, -0.2) is 0 Å². The van der Waals surface area contributed by atoms with Gasteiger partial charge in [-0.05, 0) is 48.6 Å². The first-order chi connectivity index (χ1) is 14.8. The van der Waals surface area contributed by atoms with Crippen LogP contribution in [0.2, 0.25) is 0 Å². The number of benzene rings is 1. The Morgan fingerprint density at radius 1 is 1.03 bits per heavy atom. The van der Waals surface area contributed by atoms with Crippen LogP contribution in [0.3, 0.4) is 0 Å². The molecule has 1 fully saturated rings. The van der Waals surface area contributed by atoms with E-state index in [1.807, 2.05) is 47.8 Å². The van der Waals surface area contributed by atoms with Crippen molar-refractivity contribution in [1.82, 2.24) is 10.2 Å².